The van der Waals surface area contributed by atoms with E-state index < -0.39 is 5.63 Å². The lowest BCUT2D eigenvalue weighted by molar-refractivity contribution is -0.123. The fourth-order valence-corrected chi connectivity index (χ4v) is 3.32. The van der Waals surface area contributed by atoms with Crippen molar-refractivity contribution in [2.75, 3.05) is 6.61 Å². The van der Waals surface area contributed by atoms with Gasteiger partial charge >= 0.3 is 5.63 Å². The molecule has 0 unspecified atom stereocenters. The highest BCUT2D eigenvalue weighted by Crippen LogP contribution is 2.31. The second-order valence-corrected chi connectivity index (χ2v) is 7.04. The van der Waals surface area contributed by atoms with Crippen molar-refractivity contribution in [3.63, 3.8) is 0 Å². The van der Waals surface area contributed by atoms with Crippen LogP contribution in [0.4, 0.5) is 0 Å². The van der Waals surface area contributed by atoms with E-state index in [0.717, 1.165) is 29.4 Å². The minimum atomic E-state index is -0.443. The van der Waals surface area contributed by atoms with Gasteiger partial charge in [-0.25, -0.2) is 4.79 Å². The van der Waals surface area contributed by atoms with E-state index in [-0.39, 0.29) is 18.6 Å². The summed E-state index contributed by atoms with van der Waals surface area (Å²) in [7, 11) is 0. The molecule has 1 amide bonds. The van der Waals surface area contributed by atoms with Crippen molar-refractivity contribution >= 4 is 28.5 Å². The molecule has 6 heteroatoms. The maximum absolute atomic E-state index is 12.4. The van der Waals surface area contributed by atoms with Gasteiger partial charge in [0.25, 0.3) is 5.91 Å². The van der Waals surface area contributed by atoms with E-state index in [2.05, 4.69) is 12.2 Å². The Kier molecular flexibility index (Phi) is 6.37. The molecule has 0 radical (unpaired) electrons. The number of carbonyl (C=O) groups excluding carboxylic acids is 1. The lowest BCUT2D eigenvalue weighted by atomic mass is 10.0. The molecule has 1 N–H and O–H groups in total. The molecular weight excluding hydrogens is 378 g/mol. The van der Waals surface area contributed by atoms with Crippen molar-refractivity contribution in [3.8, 4) is 5.75 Å². The van der Waals surface area contributed by atoms with E-state index in [4.69, 9.17) is 20.8 Å². The van der Waals surface area contributed by atoms with Crippen molar-refractivity contribution in [2.24, 2.45) is 0 Å². The van der Waals surface area contributed by atoms with Gasteiger partial charge in [-0.1, -0.05) is 55.3 Å². The molecular formula is C22H22ClNO4. The number of aryl methyl sites for hydroxylation is 1. The average molecular weight is 400 g/mol. The third-order valence-electron chi connectivity index (χ3n) is 4.48. The maximum Gasteiger partial charge on any atom is 0.336 e. The van der Waals surface area contributed by atoms with Crippen LogP contribution in [0.25, 0.3) is 11.0 Å². The highest BCUT2D eigenvalue weighted by Gasteiger charge is 2.15. The predicted octanol–water partition coefficient (Wildman–Crippen LogP) is 4.79. The van der Waals surface area contributed by atoms with Crippen LogP contribution < -0.4 is 15.7 Å². The van der Waals surface area contributed by atoms with Crippen LogP contribution >= 0.6 is 11.6 Å². The molecule has 5 nitrogen and oxygen atoms in total. The van der Waals surface area contributed by atoms with Crippen molar-refractivity contribution in [1.29, 1.82) is 0 Å². The van der Waals surface area contributed by atoms with Crippen LogP contribution in [0.15, 0.2) is 57.7 Å². The van der Waals surface area contributed by atoms with E-state index in [0.29, 0.717) is 16.4 Å². The van der Waals surface area contributed by atoms with Gasteiger partial charge in [0.2, 0.25) is 0 Å². The average Bonchev–Trinajstić information content (AvgIpc) is 2.67. The van der Waals surface area contributed by atoms with Crippen LogP contribution in [0.2, 0.25) is 5.02 Å². The molecule has 0 spiro atoms. The zero-order valence-electron chi connectivity index (χ0n) is 15.8. The summed E-state index contributed by atoms with van der Waals surface area (Å²) in [6.45, 7) is 3.69. The molecule has 28 heavy (non-hydrogen) atoms. The summed E-state index contributed by atoms with van der Waals surface area (Å²) in [6.07, 6.45) is 1.77. The van der Waals surface area contributed by atoms with Crippen molar-refractivity contribution < 1.29 is 13.9 Å². The Morgan fingerprint density at radius 3 is 2.68 bits per heavy atom. The number of ether oxygens (including phenoxy) is 1. The fourth-order valence-electron chi connectivity index (χ4n) is 3.11. The first-order chi connectivity index (χ1) is 13.5. The summed E-state index contributed by atoms with van der Waals surface area (Å²) in [5.41, 5.74) is 1.75. The van der Waals surface area contributed by atoms with Crippen LogP contribution in [0.5, 0.6) is 5.75 Å². The van der Waals surface area contributed by atoms with Crippen LogP contribution in [0.3, 0.4) is 0 Å². The first-order valence-corrected chi connectivity index (χ1v) is 9.57. The van der Waals surface area contributed by atoms with E-state index in [1.54, 1.807) is 19.1 Å². The number of nitrogens with one attached hydrogen (secondary N) is 1. The predicted molar refractivity (Wildman–Crippen MR) is 110 cm³/mol. The monoisotopic (exact) mass is 399 g/mol. The molecule has 2 aromatic carbocycles. The quantitative estimate of drug-likeness (QED) is 0.580. The van der Waals surface area contributed by atoms with Crippen molar-refractivity contribution in [2.45, 2.75) is 32.7 Å². The number of fused-ring (bicyclic) bond motifs is 1. The standard InChI is InChI=1S/C22H22ClNO4/c1-3-7-18(15-8-5-4-6-9-15)24-21(25)13-27-20-12-19-16(11-17(20)23)14(2)10-22(26)28-19/h4-6,8-12,18H,3,7,13H2,1-2H3,(H,24,25)/t18-/m0/s1. The Hall–Kier alpha value is -2.79. The smallest absolute Gasteiger partial charge is 0.336 e. The number of benzene rings is 2. The lowest BCUT2D eigenvalue weighted by Gasteiger charge is -2.19. The first kappa shape index (κ1) is 20.0. The van der Waals surface area contributed by atoms with Crippen LogP contribution in [-0.4, -0.2) is 12.5 Å². The molecule has 1 heterocycles. The van der Waals surface area contributed by atoms with Crippen LogP contribution in [0.1, 0.15) is 36.9 Å². The highest BCUT2D eigenvalue weighted by atomic mass is 35.5. The Morgan fingerprint density at radius 2 is 1.96 bits per heavy atom. The summed E-state index contributed by atoms with van der Waals surface area (Å²) < 4.78 is 10.8. The van der Waals surface area contributed by atoms with Crippen LogP contribution in [-0.2, 0) is 4.79 Å². The van der Waals surface area contributed by atoms with E-state index >= 15 is 0 Å². The zero-order chi connectivity index (χ0) is 20.1. The molecule has 0 aliphatic carbocycles. The van der Waals surface area contributed by atoms with Crippen molar-refractivity contribution in [1.82, 2.24) is 5.32 Å². The Labute approximate surface area is 168 Å². The van der Waals surface area contributed by atoms with Crippen molar-refractivity contribution in [3.05, 3.63) is 75.1 Å². The Morgan fingerprint density at radius 1 is 1.21 bits per heavy atom. The van der Waals surface area contributed by atoms with Gasteiger partial charge in [0, 0.05) is 17.5 Å². The summed E-state index contributed by atoms with van der Waals surface area (Å²) in [5.74, 6) is 0.0500. The highest BCUT2D eigenvalue weighted by molar-refractivity contribution is 6.32. The minimum Gasteiger partial charge on any atom is -0.482 e. The van der Waals surface area contributed by atoms with Gasteiger partial charge in [0.15, 0.2) is 6.61 Å². The summed E-state index contributed by atoms with van der Waals surface area (Å²) in [5, 5.41) is 4.08. The number of amides is 1. The molecule has 1 aromatic heterocycles. The van der Waals surface area contributed by atoms with Gasteiger partial charge in [0.05, 0.1) is 11.1 Å². The zero-order valence-corrected chi connectivity index (χ0v) is 16.6. The second-order valence-electron chi connectivity index (χ2n) is 6.64. The normalized spacial score (nSPS) is 12.0. The molecule has 1 atom stereocenters. The van der Waals surface area contributed by atoms with E-state index in [9.17, 15) is 9.59 Å². The van der Waals surface area contributed by atoms with Gasteiger partial charge in [-0.2, -0.15) is 0 Å². The molecule has 0 fully saturated rings. The van der Waals surface area contributed by atoms with Gasteiger partial charge in [0.1, 0.15) is 11.3 Å². The van der Waals surface area contributed by atoms with Crippen LogP contribution in [0, 0.1) is 6.92 Å². The summed E-state index contributed by atoms with van der Waals surface area (Å²) in [6, 6.07) is 14.4. The maximum atomic E-state index is 12.4. The fraction of sp³-hybridized carbons (Fsp3) is 0.273. The number of hydrogen-bond donors (Lipinski definition) is 1. The molecule has 0 saturated heterocycles. The molecule has 0 aliphatic rings. The number of halogens is 1. The Balaban J connectivity index is 1.71. The largest absolute Gasteiger partial charge is 0.482 e. The molecule has 0 bridgehead atoms. The van der Waals surface area contributed by atoms with Gasteiger partial charge < -0.3 is 14.5 Å². The molecule has 0 aliphatic heterocycles. The molecule has 146 valence electrons. The van der Waals surface area contributed by atoms with Gasteiger partial charge in [-0.15, -0.1) is 0 Å². The second kappa shape index (κ2) is 8.93. The number of carbonyl (C=O) groups is 1. The summed E-state index contributed by atoms with van der Waals surface area (Å²) >= 11 is 6.27. The third kappa shape index (κ3) is 4.73. The summed E-state index contributed by atoms with van der Waals surface area (Å²) in [4.78, 5) is 24.0. The minimum absolute atomic E-state index is 0.0740. The van der Waals surface area contributed by atoms with E-state index in [1.807, 2.05) is 30.3 Å². The third-order valence-corrected chi connectivity index (χ3v) is 4.77. The SMILES string of the molecule is CCC[C@H](NC(=O)COc1cc2oc(=O)cc(C)c2cc1Cl)c1ccccc1. The molecule has 3 rings (SSSR count). The van der Waals surface area contributed by atoms with Gasteiger partial charge in [-0.05, 0) is 30.5 Å². The number of rotatable bonds is 7. The van der Waals surface area contributed by atoms with E-state index in [1.165, 1.54) is 6.07 Å². The topological polar surface area (TPSA) is 68.5 Å². The molecule has 0 saturated carbocycles. The number of hydrogen-bond acceptors (Lipinski definition) is 4. The van der Waals surface area contributed by atoms with Gasteiger partial charge in [-0.3, -0.25) is 4.79 Å². The molecule has 3 aromatic rings. The lowest BCUT2D eigenvalue weighted by Crippen LogP contribution is -2.32. The first-order valence-electron chi connectivity index (χ1n) is 9.19. The Bertz CT molecular complexity index is 1030.